The minimum atomic E-state index is -0.851. The summed E-state index contributed by atoms with van der Waals surface area (Å²) < 4.78 is 0. The number of hydrogen-bond donors (Lipinski definition) is 2. The van der Waals surface area contributed by atoms with Crippen LogP contribution in [0.25, 0.3) is 0 Å². The van der Waals surface area contributed by atoms with Crippen molar-refractivity contribution in [2.24, 2.45) is 11.3 Å². The maximum absolute atomic E-state index is 12.0. The highest BCUT2D eigenvalue weighted by Crippen LogP contribution is 2.28. The molecule has 0 bridgehead atoms. The minimum absolute atomic E-state index is 0.00762. The fraction of sp³-hybridized carbons (Fsp3) is 0.867. The number of carbonyl (C=O) groups is 2. The second-order valence-corrected chi connectivity index (χ2v) is 6.98. The highest BCUT2D eigenvalue weighted by atomic mass is 16.4. The number of carboxylic acids is 1. The van der Waals surface area contributed by atoms with Crippen LogP contribution >= 0.6 is 0 Å². The molecule has 1 aliphatic carbocycles. The Kier molecular flexibility index (Phi) is 5.83. The van der Waals surface area contributed by atoms with Crippen molar-refractivity contribution in [3.05, 3.63) is 0 Å². The number of amides is 1. The first-order valence-corrected chi connectivity index (χ1v) is 7.27. The van der Waals surface area contributed by atoms with Crippen molar-refractivity contribution in [3.8, 4) is 0 Å². The average Bonchev–Trinajstić information content (AvgIpc) is 2.65. The monoisotopic (exact) mass is 269 g/mol. The molecule has 0 saturated heterocycles. The van der Waals surface area contributed by atoms with Gasteiger partial charge < -0.3 is 10.4 Å². The van der Waals surface area contributed by atoms with Gasteiger partial charge in [0.1, 0.15) is 0 Å². The van der Waals surface area contributed by atoms with Crippen LogP contribution in [0.4, 0.5) is 0 Å². The molecular weight excluding hydrogens is 242 g/mol. The summed E-state index contributed by atoms with van der Waals surface area (Å²) in [6.07, 6.45) is 5.97. The predicted octanol–water partition coefficient (Wildman–Crippen LogP) is 2.96. The van der Waals surface area contributed by atoms with Crippen LogP contribution in [0.3, 0.4) is 0 Å². The fourth-order valence-electron chi connectivity index (χ4n) is 2.89. The molecule has 110 valence electrons. The lowest BCUT2D eigenvalue weighted by Crippen LogP contribution is -2.39. The normalized spacial score (nSPS) is 18.3. The molecule has 1 saturated carbocycles. The van der Waals surface area contributed by atoms with Crippen LogP contribution in [0.15, 0.2) is 0 Å². The van der Waals surface area contributed by atoms with E-state index in [1.807, 2.05) is 0 Å². The van der Waals surface area contributed by atoms with Gasteiger partial charge in [0, 0.05) is 12.5 Å². The summed E-state index contributed by atoms with van der Waals surface area (Å²) in [5.41, 5.74) is 0.0146. The first kappa shape index (κ1) is 16.0. The van der Waals surface area contributed by atoms with Gasteiger partial charge in [-0.05, 0) is 30.6 Å². The molecular formula is C15H27NO3. The molecule has 0 aromatic rings. The Morgan fingerprint density at radius 3 is 2.32 bits per heavy atom. The maximum Gasteiger partial charge on any atom is 0.305 e. The summed E-state index contributed by atoms with van der Waals surface area (Å²) in [7, 11) is 0. The molecule has 0 radical (unpaired) electrons. The Morgan fingerprint density at radius 1 is 1.26 bits per heavy atom. The van der Waals surface area contributed by atoms with E-state index in [1.54, 1.807) is 0 Å². The Hall–Kier alpha value is -1.06. The van der Waals surface area contributed by atoms with Crippen molar-refractivity contribution in [2.75, 3.05) is 0 Å². The zero-order chi connectivity index (χ0) is 14.5. The van der Waals surface area contributed by atoms with Crippen LogP contribution in [0, 0.1) is 11.3 Å². The van der Waals surface area contributed by atoms with Crippen LogP contribution in [0.5, 0.6) is 0 Å². The molecule has 0 aromatic heterocycles. The third-order valence-corrected chi connectivity index (χ3v) is 3.59. The van der Waals surface area contributed by atoms with Gasteiger partial charge in [-0.25, -0.2) is 0 Å². The third kappa shape index (κ3) is 7.19. The molecule has 0 heterocycles. The van der Waals surface area contributed by atoms with Gasteiger partial charge in [0.05, 0.1) is 6.42 Å². The van der Waals surface area contributed by atoms with Crippen molar-refractivity contribution < 1.29 is 14.7 Å². The molecule has 4 heteroatoms. The van der Waals surface area contributed by atoms with E-state index in [-0.39, 0.29) is 23.8 Å². The molecule has 1 fully saturated rings. The zero-order valence-electron chi connectivity index (χ0n) is 12.4. The number of carbonyl (C=O) groups excluding carboxylic acids is 1. The molecule has 1 rings (SSSR count). The largest absolute Gasteiger partial charge is 0.481 e. The van der Waals surface area contributed by atoms with Crippen LogP contribution in [0.1, 0.15) is 65.7 Å². The van der Waals surface area contributed by atoms with E-state index in [0.29, 0.717) is 18.8 Å². The average molecular weight is 269 g/mol. The first-order chi connectivity index (χ1) is 8.76. The minimum Gasteiger partial charge on any atom is -0.481 e. The number of rotatable bonds is 6. The van der Waals surface area contributed by atoms with Crippen molar-refractivity contribution in [2.45, 2.75) is 71.8 Å². The zero-order valence-corrected chi connectivity index (χ0v) is 12.4. The lowest BCUT2D eigenvalue weighted by molar-refractivity contribution is -0.137. The molecule has 2 N–H and O–H groups in total. The van der Waals surface area contributed by atoms with Crippen molar-refractivity contribution in [1.82, 2.24) is 5.32 Å². The van der Waals surface area contributed by atoms with Gasteiger partial charge in [-0.2, -0.15) is 0 Å². The van der Waals surface area contributed by atoms with Crippen LogP contribution in [0.2, 0.25) is 0 Å². The summed E-state index contributed by atoms with van der Waals surface area (Å²) >= 11 is 0. The number of hydrogen-bond acceptors (Lipinski definition) is 2. The molecule has 0 aromatic carbocycles. The third-order valence-electron chi connectivity index (χ3n) is 3.59. The van der Waals surface area contributed by atoms with Gasteiger partial charge >= 0.3 is 5.97 Å². The molecule has 1 atom stereocenters. The highest BCUT2D eigenvalue weighted by molar-refractivity contribution is 5.77. The maximum atomic E-state index is 12.0. The van der Waals surface area contributed by atoms with E-state index in [9.17, 15) is 9.59 Å². The second kappa shape index (κ2) is 6.92. The van der Waals surface area contributed by atoms with E-state index in [4.69, 9.17) is 5.11 Å². The molecule has 19 heavy (non-hydrogen) atoms. The first-order valence-electron chi connectivity index (χ1n) is 7.27. The summed E-state index contributed by atoms with van der Waals surface area (Å²) in [6, 6.07) is -0.258. The van der Waals surface area contributed by atoms with Crippen LogP contribution in [-0.2, 0) is 9.59 Å². The van der Waals surface area contributed by atoms with Gasteiger partial charge in [0.25, 0.3) is 0 Å². The molecule has 0 aliphatic heterocycles. The highest BCUT2D eigenvalue weighted by Gasteiger charge is 2.24. The molecule has 1 aliphatic rings. The summed E-state index contributed by atoms with van der Waals surface area (Å²) in [5.74, 6) is -0.335. The molecule has 1 unspecified atom stereocenters. The van der Waals surface area contributed by atoms with E-state index in [2.05, 4.69) is 26.1 Å². The van der Waals surface area contributed by atoms with E-state index in [1.165, 1.54) is 12.8 Å². The van der Waals surface area contributed by atoms with Crippen molar-refractivity contribution in [3.63, 3.8) is 0 Å². The Bertz CT molecular complexity index is 314. The van der Waals surface area contributed by atoms with E-state index < -0.39 is 5.97 Å². The second-order valence-electron chi connectivity index (χ2n) is 6.98. The predicted molar refractivity (Wildman–Crippen MR) is 74.8 cm³/mol. The summed E-state index contributed by atoms with van der Waals surface area (Å²) in [4.78, 5) is 22.8. The Labute approximate surface area is 116 Å². The SMILES string of the molecule is CC(C)(C)CC(CC(=O)O)NC(=O)CC1CCCC1. The van der Waals surface area contributed by atoms with Gasteiger partial charge in [0.2, 0.25) is 5.91 Å². The smallest absolute Gasteiger partial charge is 0.305 e. The molecule has 4 nitrogen and oxygen atoms in total. The molecule has 1 amide bonds. The van der Waals surface area contributed by atoms with Gasteiger partial charge in [-0.15, -0.1) is 0 Å². The lowest BCUT2D eigenvalue weighted by atomic mass is 9.87. The lowest BCUT2D eigenvalue weighted by Gasteiger charge is -2.26. The standard InChI is InChI=1S/C15H27NO3/c1-15(2,3)10-12(9-14(18)19)16-13(17)8-11-6-4-5-7-11/h11-12H,4-10H2,1-3H3,(H,16,17)(H,18,19). The van der Waals surface area contributed by atoms with Crippen LogP contribution < -0.4 is 5.32 Å². The van der Waals surface area contributed by atoms with Gasteiger partial charge in [-0.1, -0.05) is 33.6 Å². The van der Waals surface area contributed by atoms with E-state index in [0.717, 1.165) is 12.8 Å². The van der Waals surface area contributed by atoms with Crippen LogP contribution in [-0.4, -0.2) is 23.0 Å². The Morgan fingerprint density at radius 2 is 1.84 bits per heavy atom. The summed E-state index contributed by atoms with van der Waals surface area (Å²) in [6.45, 7) is 6.18. The molecule has 0 spiro atoms. The quantitative estimate of drug-likeness (QED) is 0.779. The number of carboxylic acid groups (broad SMARTS) is 1. The Balaban J connectivity index is 2.45. The van der Waals surface area contributed by atoms with Crippen molar-refractivity contribution in [1.29, 1.82) is 0 Å². The number of nitrogens with one attached hydrogen (secondary N) is 1. The van der Waals surface area contributed by atoms with Gasteiger partial charge in [-0.3, -0.25) is 9.59 Å². The fourth-order valence-corrected chi connectivity index (χ4v) is 2.89. The number of aliphatic carboxylic acids is 1. The summed E-state index contributed by atoms with van der Waals surface area (Å²) in [5, 5.41) is 11.8. The van der Waals surface area contributed by atoms with Gasteiger partial charge in [0.15, 0.2) is 0 Å². The van der Waals surface area contributed by atoms with Crippen molar-refractivity contribution >= 4 is 11.9 Å². The topological polar surface area (TPSA) is 66.4 Å². The van der Waals surface area contributed by atoms with E-state index >= 15 is 0 Å².